The number of carbonyl (C=O) groups is 1. The standard InChI is InChI=1S/C22H17N3O3S/c1-12-7-16-18(8-13(12)2)25-21(28)19(29-22(25)23-16)9-14-10-24(11-20(26)27)17-6-4-3-5-15(14)17/h3-10H,11H2,1-2H3,(H,26,27)/p-1/b19-9-. The number of hydrogen-bond acceptors (Lipinski definition) is 5. The van der Waals surface area contributed by atoms with Crippen LogP contribution in [-0.4, -0.2) is 19.9 Å². The molecule has 3 heterocycles. The van der Waals surface area contributed by atoms with Crippen LogP contribution in [0.15, 0.2) is 47.4 Å². The van der Waals surface area contributed by atoms with Gasteiger partial charge in [-0.25, -0.2) is 9.38 Å². The van der Waals surface area contributed by atoms with E-state index in [-0.39, 0.29) is 12.1 Å². The van der Waals surface area contributed by atoms with E-state index in [1.807, 2.05) is 56.3 Å². The van der Waals surface area contributed by atoms with Gasteiger partial charge in [-0.3, -0.25) is 4.79 Å². The van der Waals surface area contributed by atoms with Gasteiger partial charge in [0.15, 0.2) is 4.96 Å². The van der Waals surface area contributed by atoms with E-state index in [1.165, 1.54) is 11.3 Å². The highest BCUT2D eigenvalue weighted by atomic mass is 32.1. The average molecular weight is 402 g/mol. The summed E-state index contributed by atoms with van der Waals surface area (Å²) < 4.78 is 3.84. The van der Waals surface area contributed by atoms with Gasteiger partial charge in [-0.05, 0) is 49.2 Å². The smallest absolute Gasteiger partial charge is 0.274 e. The van der Waals surface area contributed by atoms with Crippen LogP contribution in [0.4, 0.5) is 0 Å². The normalized spacial score (nSPS) is 12.6. The zero-order valence-electron chi connectivity index (χ0n) is 15.8. The topological polar surface area (TPSA) is 79.4 Å². The van der Waals surface area contributed by atoms with Crippen molar-refractivity contribution in [1.82, 2.24) is 14.0 Å². The minimum absolute atomic E-state index is 0.118. The van der Waals surface area contributed by atoms with Crippen LogP contribution in [0, 0.1) is 13.8 Å². The summed E-state index contributed by atoms with van der Waals surface area (Å²) in [6.07, 6.45) is 3.55. The first-order chi connectivity index (χ1) is 13.9. The number of benzene rings is 2. The van der Waals surface area contributed by atoms with Gasteiger partial charge in [0, 0.05) is 22.7 Å². The minimum atomic E-state index is -1.16. The van der Waals surface area contributed by atoms with Crippen LogP contribution in [0.3, 0.4) is 0 Å². The number of aromatic nitrogens is 3. The summed E-state index contributed by atoms with van der Waals surface area (Å²) in [6, 6.07) is 11.5. The second-order valence-corrected chi connectivity index (χ2v) is 8.18. The van der Waals surface area contributed by atoms with Crippen molar-refractivity contribution in [3.8, 4) is 0 Å². The average Bonchev–Trinajstić information content (AvgIpc) is 3.28. The molecule has 0 spiro atoms. The molecule has 0 saturated carbocycles. The fraction of sp³-hybridized carbons (Fsp3) is 0.136. The molecular weight excluding hydrogens is 386 g/mol. The van der Waals surface area contributed by atoms with Crippen molar-refractivity contribution >= 4 is 50.3 Å². The molecule has 6 nitrogen and oxygen atoms in total. The van der Waals surface area contributed by atoms with E-state index in [4.69, 9.17) is 0 Å². The molecule has 0 aliphatic rings. The van der Waals surface area contributed by atoms with Crippen LogP contribution in [-0.2, 0) is 11.3 Å². The van der Waals surface area contributed by atoms with E-state index in [2.05, 4.69) is 4.98 Å². The maximum atomic E-state index is 13.1. The van der Waals surface area contributed by atoms with Crippen LogP contribution in [0.5, 0.6) is 0 Å². The van der Waals surface area contributed by atoms with Crippen LogP contribution >= 0.6 is 11.3 Å². The molecule has 29 heavy (non-hydrogen) atoms. The van der Waals surface area contributed by atoms with Gasteiger partial charge >= 0.3 is 0 Å². The van der Waals surface area contributed by atoms with Gasteiger partial charge in [0.25, 0.3) is 5.56 Å². The largest absolute Gasteiger partial charge is 0.548 e. The number of aliphatic carboxylic acids is 1. The van der Waals surface area contributed by atoms with Gasteiger partial charge in [0.05, 0.1) is 28.1 Å². The van der Waals surface area contributed by atoms with Crippen molar-refractivity contribution in [2.45, 2.75) is 20.4 Å². The van der Waals surface area contributed by atoms with Gasteiger partial charge in [-0.1, -0.05) is 29.5 Å². The summed E-state index contributed by atoms with van der Waals surface area (Å²) in [5.74, 6) is -1.16. The van der Waals surface area contributed by atoms with Crippen LogP contribution in [0.1, 0.15) is 16.7 Å². The molecule has 0 amide bonds. The second kappa shape index (κ2) is 6.28. The lowest BCUT2D eigenvalue weighted by Crippen LogP contribution is -2.27. The Morgan fingerprint density at radius 3 is 2.72 bits per heavy atom. The number of hydrogen-bond donors (Lipinski definition) is 0. The molecule has 0 aliphatic carbocycles. The Morgan fingerprint density at radius 1 is 1.17 bits per heavy atom. The zero-order valence-corrected chi connectivity index (χ0v) is 16.6. The number of imidazole rings is 1. The number of thiazole rings is 1. The summed E-state index contributed by atoms with van der Waals surface area (Å²) in [4.78, 5) is 29.5. The van der Waals surface area contributed by atoms with Gasteiger partial charge < -0.3 is 14.5 Å². The third kappa shape index (κ3) is 2.74. The molecule has 0 radical (unpaired) electrons. The fourth-order valence-electron chi connectivity index (χ4n) is 3.72. The maximum absolute atomic E-state index is 13.1. The lowest BCUT2D eigenvalue weighted by Gasteiger charge is -2.04. The van der Waals surface area contributed by atoms with E-state index >= 15 is 0 Å². The van der Waals surface area contributed by atoms with Gasteiger partial charge in [-0.2, -0.15) is 0 Å². The van der Waals surface area contributed by atoms with E-state index in [9.17, 15) is 14.7 Å². The molecule has 0 bridgehead atoms. The van der Waals surface area contributed by atoms with Gasteiger partial charge in [-0.15, -0.1) is 0 Å². The summed E-state index contributed by atoms with van der Waals surface area (Å²) in [7, 11) is 0. The van der Waals surface area contributed by atoms with Crippen molar-refractivity contribution in [3.05, 3.63) is 74.2 Å². The van der Waals surface area contributed by atoms with Gasteiger partial charge in [0.2, 0.25) is 0 Å². The molecule has 2 aromatic carbocycles. The zero-order chi connectivity index (χ0) is 20.3. The molecule has 5 aromatic rings. The summed E-state index contributed by atoms with van der Waals surface area (Å²) in [5.41, 5.74) is 5.33. The van der Waals surface area contributed by atoms with E-state index in [0.717, 1.165) is 38.6 Å². The number of aryl methyl sites for hydroxylation is 2. The molecule has 3 aromatic heterocycles. The van der Waals surface area contributed by atoms with Crippen molar-refractivity contribution < 1.29 is 9.90 Å². The first kappa shape index (κ1) is 17.6. The molecule has 5 rings (SSSR count). The Morgan fingerprint density at radius 2 is 1.93 bits per heavy atom. The summed E-state index contributed by atoms with van der Waals surface area (Å²) in [5, 5.41) is 12.0. The molecule has 144 valence electrons. The van der Waals surface area contributed by atoms with Gasteiger partial charge in [0.1, 0.15) is 0 Å². The fourth-order valence-corrected chi connectivity index (χ4v) is 4.70. The monoisotopic (exact) mass is 402 g/mol. The van der Waals surface area contributed by atoms with Crippen LogP contribution in [0.2, 0.25) is 0 Å². The number of nitrogens with zero attached hydrogens (tertiary/aromatic N) is 3. The Hall–Kier alpha value is -3.45. The molecule has 0 N–H and O–H groups in total. The lowest BCUT2D eigenvalue weighted by molar-refractivity contribution is -0.306. The summed E-state index contributed by atoms with van der Waals surface area (Å²) >= 11 is 1.33. The number of carbonyl (C=O) groups excluding carboxylic acids is 1. The van der Waals surface area contributed by atoms with E-state index in [0.29, 0.717) is 9.49 Å². The third-order valence-electron chi connectivity index (χ3n) is 5.26. The molecule has 0 aliphatic heterocycles. The molecule has 0 fully saturated rings. The molecule has 0 unspecified atom stereocenters. The molecule has 0 atom stereocenters. The Kier molecular flexibility index (Phi) is 3.82. The van der Waals surface area contributed by atoms with Crippen molar-refractivity contribution in [1.29, 1.82) is 0 Å². The Labute approximate surface area is 169 Å². The first-order valence-corrected chi connectivity index (χ1v) is 9.95. The van der Waals surface area contributed by atoms with Crippen molar-refractivity contribution in [2.24, 2.45) is 0 Å². The molecule has 7 heteroatoms. The number of fused-ring (bicyclic) bond motifs is 4. The minimum Gasteiger partial charge on any atom is -0.548 e. The van der Waals surface area contributed by atoms with Crippen LogP contribution in [0.25, 0.3) is 33.0 Å². The number of para-hydroxylation sites is 1. The van der Waals surface area contributed by atoms with Crippen molar-refractivity contribution in [3.63, 3.8) is 0 Å². The lowest BCUT2D eigenvalue weighted by atomic mass is 10.1. The number of carboxylic acid groups (broad SMARTS) is 1. The highest BCUT2D eigenvalue weighted by Gasteiger charge is 2.13. The summed E-state index contributed by atoms with van der Waals surface area (Å²) in [6.45, 7) is 3.81. The highest BCUT2D eigenvalue weighted by molar-refractivity contribution is 7.15. The highest BCUT2D eigenvalue weighted by Crippen LogP contribution is 2.23. The molecular formula is C22H16N3O3S-. The maximum Gasteiger partial charge on any atom is 0.274 e. The number of rotatable bonds is 3. The molecule has 0 saturated heterocycles. The van der Waals surface area contributed by atoms with Crippen molar-refractivity contribution in [2.75, 3.05) is 0 Å². The number of carboxylic acids is 1. The second-order valence-electron chi connectivity index (χ2n) is 7.17. The predicted molar refractivity (Wildman–Crippen MR) is 112 cm³/mol. The first-order valence-electron chi connectivity index (χ1n) is 9.14. The predicted octanol–water partition coefficient (Wildman–Crippen LogP) is 1.78. The Bertz CT molecular complexity index is 1560. The van der Waals surface area contributed by atoms with Crippen LogP contribution < -0.4 is 15.2 Å². The SMILES string of the molecule is Cc1cc2nc3s/c(=C\c4cn(CC(=O)[O-])c5ccccc45)c(=O)n3c2cc1C. The van der Waals surface area contributed by atoms with E-state index in [1.54, 1.807) is 15.2 Å². The van der Waals surface area contributed by atoms with E-state index < -0.39 is 5.97 Å². The Balaban J connectivity index is 1.76. The quantitative estimate of drug-likeness (QED) is 0.461. The third-order valence-corrected chi connectivity index (χ3v) is 6.23.